The Morgan fingerprint density at radius 1 is 1.29 bits per heavy atom. The maximum Gasteiger partial charge on any atom is 0.410 e. The third-order valence-electron chi connectivity index (χ3n) is 4.61. The number of benzene rings is 1. The minimum Gasteiger partial charge on any atom is -0.447 e. The molecule has 0 atom stereocenters. The van der Waals surface area contributed by atoms with Crippen LogP contribution >= 0.6 is 11.6 Å². The average Bonchev–Trinajstić information content (AvgIpc) is 2.68. The lowest BCUT2D eigenvalue weighted by molar-refractivity contribution is 0.0701. The van der Waals surface area contributed by atoms with E-state index in [0.29, 0.717) is 25.3 Å². The number of rotatable bonds is 5. The molecule has 2 heterocycles. The normalized spacial score (nSPS) is 14.9. The number of aromatic nitrogens is 2. The van der Waals surface area contributed by atoms with E-state index in [2.05, 4.69) is 10.4 Å². The van der Waals surface area contributed by atoms with Gasteiger partial charge >= 0.3 is 6.09 Å². The van der Waals surface area contributed by atoms with Gasteiger partial charge in [-0.1, -0.05) is 41.9 Å². The van der Waals surface area contributed by atoms with Crippen molar-refractivity contribution in [1.82, 2.24) is 14.7 Å². The molecule has 1 amide bonds. The Labute approximate surface area is 169 Å². The summed E-state index contributed by atoms with van der Waals surface area (Å²) in [4.78, 5) is 26.2. The van der Waals surface area contributed by atoms with Crippen LogP contribution in [0.3, 0.4) is 0 Å². The quantitative estimate of drug-likeness (QED) is 0.826. The molecule has 1 fully saturated rings. The molecular formula is C20H25ClN4O3. The fourth-order valence-corrected chi connectivity index (χ4v) is 3.34. The van der Waals surface area contributed by atoms with Crippen LogP contribution in [-0.4, -0.2) is 46.0 Å². The van der Waals surface area contributed by atoms with Crippen molar-refractivity contribution >= 4 is 23.4 Å². The lowest BCUT2D eigenvalue weighted by Crippen LogP contribution is -2.43. The van der Waals surface area contributed by atoms with Crippen LogP contribution in [0.15, 0.2) is 41.3 Å². The number of ether oxygens (including phenoxy) is 1. The highest BCUT2D eigenvalue weighted by molar-refractivity contribution is 6.32. The van der Waals surface area contributed by atoms with E-state index in [1.165, 1.54) is 4.68 Å². The van der Waals surface area contributed by atoms with E-state index in [-0.39, 0.29) is 28.8 Å². The Kier molecular flexibility index (Phi) is 6.57. The number of likely N-dealkylation sites (tertiary alicyclic amines) is 1. The van der Waals surface area contributed by atoms with E-state index in [1.807, 2.05) is 44.2 Å². The van der Waals surface area contributed by atoms with Crippen LogP contribution in [0.1, 0.15) is 32.3 Å². The molecule has 2 aromatic rings. The number of nitrogens with one attached hydrogen (secondary N) is 1. The number of nitrogens with zero attached hydrogens (tertiary/aromatic N) is 3. The number of anilines is 1. The number of carbonyl (C=O) groups excluding carboxylic acids is 1. The van der Waals surface area contributed by atoms with Crippen LogP contribution in [0.25, 0.3) is 0 Å². The Hall–Kier alpha value is -2.54. The summed E-state index contributed by atoms with van der Waals surface area (Å²) < 4.78 is 6.59. The summed E-state index contributed by atoms with van der Waals surface area (Å²) in [6.45, 7) is 5.23. The Balaban J connectivity index is 1.60. The van der Waals surface area contributed by atoms with Gasteiger partial charge in [0.15, 0.2) is 0 Å². The number of amides is 1. The molecule has 3 rings (SSSR count). The van der Waals surface area contributed by atoms with Crippen LogP contribution in [0.4, 0.5) is 10.5 Å². The molecule has 1 aromatic heterocycles. The largest absolute Gasteiger partial charge is 0.447 e. The van der Waals surface area contributed by atoms with E-state index in [9.17, 15) is 9.59 Å². The zero-order valence-electron chi connectivity index (χ0n) is 16.1. The van der Waals surface area contributed by atoms with Crippen molar-refractivity contribution in [2.75, 3.05) is 18.4 Å². The van der Waals surface area contributed by atoms with E-state index < -0.39 is 0 Å². The van der Waals surface area contributed by atoms with Gasteiger partial charge in [0.2, 0.25) is 0 Å². The molecule has 0 spiro atoms. The van der Waals surface area contributed by atoms with Gasteiger partial charge in [-0.2, -0.15) is 5.10 Å². The molecule has 0 aliphatic carbocycles. The molecule has 0 unspecified atom stereocenters. The van der Waals surface area contributed by atoms with Crippen LogP contribution < -0.4 is 10.9 Å². The molecule has 1 aliphatic heterocycles. The van der Waals surface area contributed by atoms with Crippen LogP contribution in [0, 0.1) is 0 Å². The first kappa shape index (κ1) is 20.2. The number of piperidine rings is 1. The molecule has 28 heavy (non-hydrogen) atoms. The Bertz CT molecular complexity index is 861. The maximum absolute atomic E-state index is 12.5. The zero-order valence-corrected chi connectivity index (χ0v) is 16.9. The predicted molar refractivity (Wildman–Crippen MR) is 109 cm³/mol. The molecule has 1 aliphatic rings. The molecule has 0 saturated carbocycles. The predicted octanol–water partition coefficient (Wildman–Crippen LogP) is 3.37. The van der Waals surface area contributed by atoms with Gasteiger partial charge in [-0.05, 0) is 32.3 Å². The summed E-state index contributed by atoms with van der Waals surface area (Å²) in [5, 5.41) is 7.68. The summed E-state index contributed by atoms with van der Waals surface area (Å²) in [6.07, 6.45) is 2.67. The van der Waals surface area contributed by atoms with Crippen molar-refractivity contribution in [3.8, 4) is 0 Å². The fourth-order valence-electron chi connectivity index (χ4n) is 3.14. The lowest BCUT2D eigenvalue weighted by atomic mass is 10.1. The third-order valence-corrected chi connectivity index (χ3v) is 4.97. The topological polar surface area (TPSA) is 76.5 Å². The van der Waals surface area contributed by atoms with Gasteiger partial charge in [0, 0.05) is 19.1 Å². The van der Waals surface area contributed by atoms with E-state index in [1.54, 1.807) is 11.1 Å². The number of hydrogen-bond acceptors (Lipinski definition) is 5. The first-order chi connectivity index (χ1) is 13.4. The molecular weight excluding hydrogens is 380 g/mol. The SMILES string of the molecule is CC(C)OC(=O)N1CCC(Nc2cnn(Cc3ccccc3)c(=O)c2Cl)CC1. The Morgan fingerprint density at radius 3 is 2.61 bits per heavy atom. The second-order valence-electron chi connectivity index (χ2n) is 7.16. The second kappa shape index (κ2) is 9.10. The monoisotopic (exact) mass is 404 g/mol. The van der Waals surface area contributed by atoms with Crippen molar-refractivity contribution in [2.24, 2.45) is 0 Å². The first-order valence-corrected chi connectivity index (χ1v) is 9.83. The summed E-state index contributed by atoms with van der Waals surface area (Å²) in [5.41, 5.74) is 1.18. The highest BCUT2D eigenvalue weighted by atomic mass is 35.5. The van der Waals surface area contributed by atoms with Crippen LogP contribution in [0.2, 0.25) is 5.02 Å². The van der Waals surface area contributed by atoms with Crippen molar-refractivity contribution in [2.45, 2.75) is 45.4 Å². The van der Waals surface area contributed by atoms with Gasteiger partial charge < -0.3 is 15.0 Å². The number of hydrogen-bond donors (Lipinski definition) is 1. The van der Waals surface area contributed by atoms with Gasteiger partial charge in [-0.15, -0.1) is 0 Å². The van der Waals surface area contributed by atoms with Crippen molar-refractivity contribution in [3.63, 3.8) is 0 Å². The molecule has 7 nitrogen and oxygen atoms in total. The van der Waals surface area contributed by atoms with Gasteiger partial charge in [0.25, 0.3) is 5.56 Å². The van der Waals surface area contributed by atoms with Gasteiger partial charge in [0.05, 0.1) is 24.5 Å². The summed E-state index contributed by atoms with van der Waals surface area (Å²) in [7, 11) is 0. The highest BCUT2D eigenvalue weighted by Crippen LogP contribution is 2.21. The van der Waals surface area contributed by atoms with Crippen molar-refractivity contribution in [3.05, 3.63) is 57.5 Å². The standard InChI is InChI=1S/C20H25ClN4O3/c1-14(2)28-20(27)24-10-8-16(9-11-24)23-17-12-22-25(19(26)18(17)21)13-15-6-4-3-5-7-15/h3-7,12,14,16,23H,8-11,13H2,1-2H3. The van der Waals surface area contributed by atoms with E-state index in [0.717, 1.165) is 18.4 Å². The third kappa shape index (κ3) is 5.04. The average molecular weight is 405 g/mol. The molecule has 150 valence electrons. The van der Waals surface area contributed by atoms with Crippen LogP contribution in [-0.2, 0) is 11.3 Å². The number of carbonyl (C=O) groups is 1. The molecule has 1 N–H and O–H groups in total. The first-order valence-electron chi connectivity index (χ1n) is 9.45. The molecule has 1 saturated heterocycles. The number of halogens is 1. The maximum atomic E-state index is 12.5. The van der Waals surface area contributed by atoms with Crippen molar-refractivity contribution in [1.29, 1.82) is 0 Å². The van der Waals surface area contributed by atoms with Crippen LogP contribution in [0.5, 0.6) is 0 Å². The van der Waals surface area contributed by atoms with Gasteiger partial charge in [-0.25, -0.2) is 9.48 Å². The molecule has 1 aromatic carbocycles. The van der Waals surface area contributed by atoms with Crippen molar-refractivity contribution < 1.29 is 9.53 Å². The lowest BCUT2D eigenvalue weighted by Gasteiger charge is -2.32. The second-order valence-corrected chi connectivity index (χ2v) is 7.54. The minimum absolute atomic E-state index is 0.117. The minimum atomic E-state index is -0.325. The molecule has 0 radical (unpaired) electrons. The Morgan fingerprint density at radius 2 is 1.96 bits per heavy atom. The summed E-state index contributed by atoms with van der Waals surface area (Å²) in [5.74, 6) is 0. The highest BCUT2D eigenvalue weighted by Gasteiger charge is 2.25. The van der Waals surface area contributed by atoms with E-state index >= 15 is 0 Å². The summed E-state index contributed by atoms with van der Waals surface area (Å²) >= 11 is 6.30. The summed E-state index contributed by atoms with van der Waals surface area (Å²) in [6, 6.07) is 9.75. The smallest absolute Gasteiger partial charge is 0.410 e. The van der Waals surface area contributed by atoms with Gasteiger partial charge in [0.1, 0.15) is 5.02 Å². The zero-order chi connectivity index (χ0) is 20.1. The van der Waals surface area contributed by atoms with E-state index in [4.69, 9.17) is 16.3 Å². The molecule has 8 heteroatoms. The fraction of sp³-hybridized carbons (Fsp3) is 0.450. The molecule has 0 bridgehead atoms. The van der Waals surface area contributed by atoms with Gasteiger partial charge in [-0.3, -0.25) is 4.79 Å².